The molecule has 5 nitrogen and oxygen atoms in total. The fourth-order valence-electron chi connectivity index (χ4n) is 1.99. The maximum Gasteiger partial charge on any atom is 0.224 e. The predicted octanol–water partition coefficient (Wildman–Crippen LogP) is 3.12. The molecule has 0 aliphatic heterocycles. The van der Waals surface area contributed by atoms with Gasteiger partial charge in [-0.3, -0.25) is 4.79 Å². The first-order valence-corrected chi connectivity index (χ1v) is 7.37. The Hall–Kier alpha value is -0.910. The first-order valence-electron chi connectivity index (χ1n) is 6.61. The van der Waals surface area contributed by atoms with E-state index >= 15 is 0 Å². The summed E-state index contributed by atoms with van der Waals surface area (Å²) in [5, 5.41) is 2.93. The fraction of sp³-hybridized carbons (Fsp3) is 0.615. The normalized spacial score (nSPS) is 12.5. The number of amides is 1. The number of halogens is 2. The summed E-state index contributed by atoms with van der Waals surface area (Å²) >= 11 is 11.7. The van der Waals surface area contributed by atoms with Gasteiger partial charge in [0.1, 0.15) is 12.0 Å². The molecule has 1 rings (SSSR count). The van der Waals surface area contributed by atoms with Gasteiger partial charge >= 0.3 is 0 Å². The van der Waals surface area contributed by atoms with Gasteiger partial charge in [0, 0.05) is 6.42 Å². The average Bonchev–Trinajstić information content (AvgIpc) is 2.38. The van der Waals surface area contributed by atoms with E-state index in [0.717, 1.165) is 12.8 Å². The third kappa shape index (κ3) is 5.23. The van der Waals surface area contributed by atoms with Crippen molar-refractivity contribution in [2.24, 2.45) is 17.6 Å². The highest BCUT2D eigenvalue weighted by atomic mass is 35.5. The molecular weight excluding hydrogens is 299 g/mol. The van der Waals surface area contributed by atoms with Crippen molar-refractivity contribution < 1.29 is 4.79 Å². The lowest BCUT2D eigenvalue weighted by atomic mass is 9.88. The van der Waals surface area contributed by atoms with E-state index in [1.807, 2.05) is 0 Å². The second-order valence-corrected chi connectivity index (χ2v) is 5.71. The number of nitrogens with zero attached hydrogens (tertiary/aromatic N) is 2. The number of aromatic nitrogens is 2. The van der Waals surface area contributed by atoms with Crippen LogP contribution in [0, 0.1) is 11.8 Å². The molecule has 7 heteroatoms. The second-order valence-electron chi connectivity index (χ2n) is 5.00. The number of carbonyl (C=O) groups is 1. The first-order chi connectivity index (χ1) is 9.45. The molecular formula is C13H20Cl2N4O. The van der Waals surface area contributed by atoms with Crippen LogP contribution < -0.4 is 11.1 Å². The summed E-state index contributed by atoms with van der Waals surface area (Å²) in [6.45, 7) is 4.91. The molecule has 0 fully saturated rings. The summed E-state index contributed by atoms with van der Waals surface area (Å²) in [6.07, 6.45) is 3.34. The number of hydrogen-bond donors (Lipinski definition) is 2. The highest BCUT2D eigenvalue weighted by molar-refractivity contribution is 6.38. The van der Waals surface area contributed by atoms with Gasteiger partial charge in [0.25, 0.3) is 0 Å². The van der Waals surface area contributed by atoms with E-state index in [1.165, 1.54) is 6.33 Å². The highest BCUT2D eigenvalue weighted by Gasteiger charge is 2.16. The third-order valence-electron chi connectivity index (χ3n) is 3.24. The van der Waals surface area contributed by atoms with Gasteiger partial charge in [-0.2, -0.15) is 0 Å². The summed E-state index contributed by atoms with van der Waals surface area (Å²) in [7, 11) is 0. The minimum Gasteiger partial charge on any atom is -0.330 e. The minimum absolute atomic E-state index is 0.140. The van der Waals surface area contributed by atoms with Gasteiger partial charge in [-0.15, -0.1) is 0 Å². The third-order valence-corrected chi connectivity index (χ3v) is 3.81. The standard InChI is InChI=1S/C13H20Cl2N4O/c1-8(2)9(5-6-16)3-4-10(20)19-11-12(14)17-7-18-13(11)15/h7-9H,3-6,16H2,1-2H3,(H,19,20). The zero-order valence-corrected chi connectivity index (χ0v) is 13.2. The molecule has 1 heterocycles. The molecule has 1 atom stereocenters. The summed E-state index contributed by atoms with van der Waals surface area (Å²) in [5.74, 6) is 0.786. The van der Waals surface area contributed by atoms with Gasteiger partial charge in [0.05, 0.1) is 0 Å². The van der Waals surface area contributed by atoms with Crippen molar-refractivity contribution in [3.63, 3.8) is 0 Å². The lowest BCUT2D eigenvalue weighted by molar-refractivity contribution is -0.116. The van der Waals surface area contributed by atoms with Gasteiger partial charge in [0.15, 0.2) is 10.3 Å². The van der Waals surface area contributed by atoms with Crippen LogP contribution in [0.5, 0.6) is 0 Å². The number of carbonyl (C=O) groups excluding carboxylic acids is 1. The van der Waals surface area contributed by atoms with Crippen LogP contribution in [0.4, 0.5) is 5.69 Å². The smallest absolute Gasteiger partial charge is 0.224 e. The molecule has 0 saturated heterocycles. The molecule has 1 unspecified atom stereocenters. The molecule has 0 aliphatic carbocycles. The number of nitrogens with one attached hydrogen (secondary N) is 1. The summed E-state index contributed by atoms with van der Waals surface area (Å²) < 4.78 is 0. The number of nitrogens with two attached hydrogens (primary N) is 1. The van der Waals surface area contributed by atoms with Crippen molar-refractivity contribution >= 4 is 34.8 Å². The van der Waals surface area contributed by atoms with Crippen molar-refractivity contribution in [3.05, 3.63) is 16.6 Å². The zero-order valence-electron chi connectivity index (χ0n) is 11.7. The molecule has 112 valence electrons. The highest BCUT2D eigenvalue weighted by Crippen LogP contribution is 2.26. The van der Waals surface area contributed by atoms with Crippen LogP contribution in [0.25, 0.3) is 0 Å². The molecule has 1 amide bonds. The van der Waals surface area contributed by atoms with Crippen molar-refractivity contribution in [1.29, 1.82) is 0 Å². The lowest BCUT2D eigenvalue weighted by Crippen LogP contribution is -2.19. The molecule has 0 saturated carbocycles. The Labute approximate surface area is 129 Å². The summed E-state index contributed by atoms with van der Waals surface area (Å²) in [5.41, 5.74) is 5.85. The van der Waals surface area contributed by atoms with E-state index in [2.05, 4.69) is 29.1 Å². The van der Waals surface area contributed by atoms with Crippen LogP contribution in [-0.4, -0.2) is 22.4 Å². The van der Waals surface area contributed by atoms with Gasteiger partial charge in [-0.25, -0.2) is 9.97 Å². The zero-order chi connectivity index (χ0) is 15.1. The van der Waals surface area contributed by atoms with Crippen LogP contribution in [0.1, 0.15) is 33.1 Å². The van der Waals surface area contributed by atoms with Crippen LogP contribution in [0.15, 0.2) is 6.33 Å². The molecule has 20 heavy (non-hydrogen) atoms. The SMILES string of the molecule is CC(C)C(CCN)CCC(=O)Nc1c(Cl)ncnc1Cl. The summed E-state index contributed by atoms with van der Waals surface area (Å²) in [6, 6.07) is 0. The molecule has 1 aromatic rings. The van der Waals surface area contributed by atoms with Crippen molar-refractivity contribution in [2.45, 2.75) is 33.1 Å². The Morgan fingerprint density at radius 2 is 1.90 bits per heavy atom. The van der Waals surface area contributed by atoms with E-state index in [0.29, 0.717) is 24.8 Å². The maximum atomic E-state index is 11.9. The van der Waals surface area contributed by atoms with Crippen LogP contribution >= 0.6 is 23.2 Å². The minimum atomic E-state index is -0.147. The topological polar surface area (TPSA) is 80.9 Å². The molecule has 1 aromatic heterocycles. The van der Waals surface area contributed by atoms with Crippen molar-refractivity contribution in [3.8, 4) is 0 Å². The van der Waals surface area contributed by atoms with Crippen molar-refractivity contribution in [2.75, 3.05) is 11.9 Å². The van der Waals surface area contributed by atoms with Gasteiger partial charge in [0.2, 0.25) is 5.91 Å². The Kier molecular flexibility index (Phi) is 7.19. The molecule has 3 N–H and O–H groups in total. The molecule has 0 aliphatic rings. The van der Waals surface area contributed by atoms with E-state index in [4.69, 9.17) is 28.9 Å². The number of hydrogen-bond acceptors (Lipinski definition) is 4. The Balaban J connectivity index is 2.55. The Bertz CT molecular complexity index is 434. The number of rotatable bonds is 7. The molecule has 0 aromatic carbocycles. The van der Waals surface area contributed by atoms with Gasteiger partial charge in [-0.1, -0.05) is 37.0 Å². The van der Waals surface area contributed by atoms with Crippen LogP contribution in [0.3, 0.4) is 0 Å². The quantitative estimate of drug-likeness (QED) is 0.757. The van der Waals surface area contributed by atoms with E-state index in [9.17, 15) is 4.79 Å². The average molecular weight is 319 g/mol. The van der Waals surface area contributed by atoms with Crippen LogP contribution in [-0.2, 0) is 4.79 Å². The van der Waals surface area contributed by atoms with Gasteiger partial charge in [-0.05, 0) is 31.2 Å². The Morgan fingerprint density at radius 3 is 2.40 bits per heavy atom. The summed E-state index contributed by atoms with van der Waals surface area (Å²) in [4.78, 5) is 19.5. The number of anilines is 1. The van der Waals surface area contributed by atoms with E-state index in [-0.39, 0.29) is 21.9 Å². The fourth-order valence-corrected chi connectivity index (χ4v) is 2.40. The lowest BCUT2D eigenvalue weighted by Gasteiger charge is -2.19. The maximum absolute atomic E-state index is 11.9. The predicted molar refractivity (Wildman–Crippen MR) is 81.9 cm³/mol. The Morgan fingerprint density at radius 1 is 1.30 bits per heavy atom. The van der Waals surface area contributed by atoms with Crippen molar-refractivity contribution in [1.82, 2.24) is 9.97 Å². The van der Waals surface area contributed by atoms with E-state index in [1.54, 1.807) is 0 Å². The molecule has 0 spiro atoms. The van der Waals surface area contributed by atoms with E-state index < -0.39 is 0 Å². The van der Waals surface area contributed by atoms with Gasteiger partial charge < -0.3 is 11.1 Å². The molecule has 0 radical (unpaired) electrons. The largest absolute Gasteiger partial charge is 0.330 e. The molecule has 0 bridgehead atoms. The first kappa shape index (κ1) is 17.1. The van der Waals surface area contributed by atoms with Crippen LogP contribution in [0.2, 0.25) is 10.3 Å². The monoisotopic (exact) mass is 318 g/mol. The second kappa shape index (κ2) is 8.39.